The van der Waals surface area contributed by atoms with Crippen LogP contribution in [0.25, 0.3) is 0 Å². The van der Waals surface area contributed by atoms with Crippen molar-refractivity contribution in [2.24, 2.45) is 5.41 Å². The molecule has 1 fully saturated rings. The number of hydrogen-bond donors (Lipinski definition) is 2. The SMILES string of the molecule is COCCC(C)NCC1(CCO)CC1. The van der Waals surface area contributed by atoms with Gasteiger partial charge in [-0.2, -0.15) is 0 Å². The molecule has 0 spiro atoms. The van der Waals surface area contributed by atoms with E-state index in [9.17, 15) is 0 Å². The largest absolute Gasteiger partial charge is 0.396 e. The second-order valence-corrected chi connectivity index (χ2v) is 4.54. The Morgan fingerprint density at radius 2 is 2.21 bits per heavy atom. The van der Waals surface area contributed by atoms with E-state index in [1.807, 2.05) is 0 Å². The Hall–Kier alpha value is -0.120. The summed E-state index contributed by atoms with van der Waals surface area (Å²) in [4.78, 5) is 0. The number of hydrogen-bond acceptors (Lipinski definition) is 3. The highest BCUT2D eigenvalue weighted by atomic mass is 16.5. The van der Waals surface area contributed by atoms with Crippen molar-refractivity contribution in [3.63, 3.8) is 0 Å². The second-order valence-electron chi connectivity index (χ2n) is 4.54. The van der Waals surface area contributed by atoms with E-state index < -0.39 is 0 Å². The van der Waals surface area contributed by atoms with E-state index in [-0.39, 0.29) is 0 Å². The first-order valence-electron chi connectivity index (χ1n) is 5.56. The Morgan fingerprint density at radius 1 is 1.50 bits per heavy atom. The highest BCUT2D eigenvalue weighted by Gasteiger charge is 2.41. The summed E-state index contributed by atoms with van der Waals surface area (Å²) < 4.78 is 5.03. The summed E-state index contributed by atoms with van der Waals surface area (Å²) in [6.45, 7) is 4.39. The molecule has 0 heterocycles. The standard InChI is InChI=1S/C11H23NO2/c1-10(3-8-14-2)12-9-11(4-5-11)6-7-13/h10,12-13H,3-9H2,1-2H3. The van der Waals surface area contributed by atoms with Crippen molar-refractivity contribution in [2.45, 2.75) is 38.6 Å². The summed E-state index contributed by atoms with van der Waals surface area (Å²) in [6.07, 6.45) is 4.57. The minimum absolute atomic E-state index is 0.328. The minimum atomic E-state index is 0.328. The molecule has 0 aromatic carbocycles. The normalized spacial score (nSPS) is 20.8. The summed E-state index contributed by atoms with van der Waals surface area (Å²) in [7, 11) is 1.74. The highest BCUT2D eigenvalue weighted by molar-refractivity contribution is 4.94. The van der Waals surface area contributed by atoms with Crippen molar-refractivity contribution in [1.82, 2.24) is 5.32 Å². The number of rotatable bonds is 8. The molecule has 0 saturated heterocycles. The zero-order valence-electron chi connectivity index (χ0n) is 9.38. The predicted octanol–water partition coefficient (Wildman–Crippen LogP) is 1.16. The van der Waals surface area contributed by atoms with Gasteiger partial charge >= 0.3 is 0 Å². The van der Waals surface area contributed by atoms with Crippen molar-refractivity contribution in [3.05, 3.63) is 0 Å². The molecule has 1 aliphatic carbocycles. The van der Waals surface area contributed by atoms with Crippen molar-refractivity contribution in [2.75, 3.05) is 26.9 Å². The van der Waals surface area contributed by atoms with Crippen LogP contribution in [0.5, 0.6) is 0 Å². The maximum Gasteiger partial charge on any atom is 0.0476 e. The third-order valence-corrected chi connectivity index (χ3v) is 3.18. The van der Waals surface area contributed by atoms with E-state index in [0.717, 1.165) is 26.0 Å². The molecule has 84 valence electrons. The number of aliphatic hydroxyl groups is 1. The molecule has 0 amide bonds. The maximum atomic E-state index is 8.90. The molecule has 0 aromatic heterocycles. The number of ether oxygens (including phenoxy) is 1. The van der Waals surface area contributed by atoms with E-state index in [1.165, 1.54) is 12.8 Å². The molecule has 0 aromatic rings. The zero-order chi connectivity index (χ0) is 10.4. The molecular weight excluding hydrogens is 178 g/mol. The number of aliphatic hydroxyl groups excluding tert-OH is 1. The van der Waals surface area contributed by atoms with Gasteiger partial charge in [0.1, 0.15) is 0 Å². The van der Waals surface area contributed by atoms with E-state index >= 15 is 0 Å². The third kappa shape index (κ3) is 3.95. The molecule has 0 bridgehead atoms. The molecule has 1 rings (SSSR count). The molecule has 1 unspecified atom stereocenters. The highest BCUT2D eigenvalue weighted by Crippen LogP contribution is 2.47. The van der Waals surface area contributed by atoms with Crippen LogP contribution in [0.15, 0.2) is 0 Å². The van der Waals surface area contributed by atoms with Gasteiger partial charge in [0.2, 0.25) is 0 Å². The Morgan fingerprint density at radius 3 is 2.71 bits per heavy atom. The topological polar surface area (TPSA) is 41.5 Å². The van der Waals surface area contributed by atoms with Gasteiger partial charge in [0.05, 0.1) is 0 Å². The molecule has 3 nitrogen and oxygen atoms in total. The quantitative estimate of drug-likeness (QED) is 0.619. The molecule has 2 N–H and O–H groups in total. The van der Waals surface area contributed by atoms with Crippen LogP contribution in [-0.2, 0) is 4.74 Å². The Labute approximate surface area is 86.8 Å². The fraction of sp³-hybridized carbons (Fsp3) is 1.00. The van der Waals surface area contributed by atoms with Crippen LogP contribution in [0.2, 0.25) is 0 Å². The third-order valence-electron chi connectivity index (χ3n) is 3.18. The molecule has 1 saturated carbocycles. The van der Waals surface area contributed by atoms with Gasteiger partial charge in [-0.25, -0.2) is 0 Å². The van der Waals surface area contributed by atoms with Gasteiger partial charge < -0.3 is 15.2 Å². The lowest BCUT2D eigenvalue weighted by atomic mass is 10.0. The van der Waals surface area contributed by atoms with Crippen molar-refractivity contribution < 1.29 is 9.84 Å². The predicted molar refractivity (Wildman–Crippen MR) is 57.3 cm³/mol. The van der Waals surface area contributed by atoms with Gasteiger partial charge in [-0.15, -0.1) is 0 Å². The summed E-state index contributed by atoms with van der Waals surface area (Å²) >= 11 is 0. The zero-order valence-corrected chi connectivity index (χ0v) is 9.38. The molecular formula is C11H23NO2. The van der Waals surface area contributed by atoms with E-state index in [4.69, 9.17) is 9.84 Å². The lowest BCUT2D eigenvalue weighted by Crippen LogP contribution is -2.33. The fourth-order valence-electron chi connectivity index (χ4n) is 1.72. The summed E-state index contributed by atoms with van der Waals surface area (Å²) in [6, 6.07) is 0.520. The summed E-state index contributed by atoms with van der Waals surface area (Å²) in [5.41, 5.74) is 0.427. The Kier molecular flexibility index (Phi) is 4.85. The van der Waals surface area contributed by atoms with Crippen LogP contribution < -0.4 is 5.32 Å². The van der Waals surface area contributed by atoms with Gasteiger partial charge in [0, 0.05) is 32.9 Å². The first-order chi connectivity index (χ1) is 6.72. The molecule has 1 atom stereocenters. The maximum absolute atomic E-state index is 8.90. The van der Waals surface area contributed by atoms with Crippen LogP contribution in [0.4, 0.5) is 0 Å². The number of nitrogens with one attached hydrogen (secondary N) is 1. The van der Waals surface area contributed by atoms with Crippen LogP contribution in [0, 0.1) is 5.41 Å². The van der Waals surface area contributed by atoms with Gasteiger partial charge in [-0.3, -0.25) is 0 Å². The fourth-order valence-corrected chi connectivity index (χ4v) is 1.72. The molecule has 0 aliphatic heterocycles. The molecule has 14 heavy (non-hydrogen) atoms. The average Bonchev–Trinajstić information content (AvgIpc) is 2.93. The van der Waals surface area contributed by atoms with E-state index in [1.54, 1.807) is 7.11 Å². The molecule has 0 radical (unpaired) electrons. The monoisotopic (exact) mass is 201 g/mol. The minimum Gasteiger partial charge on any atom is -0.396 e. The van der Waals surface area contributed by atoms with Gasteiger partial charge in [0.25, 0.3) is 0 Å². The van der Waals surface area contributed by atoms with E-state index in [0.29, 0.717) is 18.1 Å². The van der Waals surface area contributed by atoms with Crippen molar-refractivity contribution in [3.8, 4) is 0 Å². The first-order valence-corrected chi connectivity index (χ1v) is 5.56. The first kappa shape index (κ1) is 12.0. The van der Waals surface area contributed by atoms with Crippen LogP contribution in [0.3, 0.4) is 0 Å². The Balaban J connectivity index is 2.07. The van der Waals surface area contributed by atoms with Crippen molar-refractivity contribution in [1.29, 1.82) is 0 Å². The summed E-state index contributed by atoms with van der Waals surface area (Å²) in [5.74, 6) is 0. The number of methoxy groups -OCH3 is 1. The van der Waals surface area contributed by atoms with Crippen LogP contribution in [-0.4, -0.2) is 38.0 Å². The summed E-state index contributed by atoms with van der Waals surface area (Å²) in [5, 5.41) is 12.4. The van der Waals surface area contributed by atoms with Gasteiger partial charge in [-0.05, 0) is 38.0 Å². The van der Waals surface area contributed by atoms with Crippen LogP contribution >= 0.6 is 0 Å². The molecule has 3 heteroatoms. The smallest absolute Gasteiger partial charge is 0.0476 e. The second kappa shape index (κ2) is 5.69. The lowest BCUT2D eigenvalue weighted by Gasteiger charge is -2.19. The van der Waals surface area contributed by atoms with Gasteiger partial charge in [-0.1, -0.05) is 0 Å². The van der Waals surface area contributed by atoms with Crippen molar-refractivity contribution >= 4 is 0 Å². The van der Waals surface area contributed by atoms with E-state index in [2.05, 4.69) is 12.2 Å². The van der Waals surface area contributed by atoms with Crippen LogP contribution in [0.1, 0.15) is 32.6 Å². The average molecular weight is 201 g/mol. The lowest BCUT2D eigenvalue weighted by molar-refractivity contribution is 0.182. The van der Waals surface area contributed by atoms with Gasteiger partial charge in [0.15, 0.2) is 0 Å². The molecule has 1 aliphatic rings. The Bertz CT molecular complexity index is 157.